The van der Waals surface area contributed by atoms with Crippen molar-refractivity contribution in [3.63, 3.8) is 0 Å². The van der Waals surface area contributed by atoms with Crippen molar-refractivity contribution in [3.8, 4) is 11.8 Å². The lowest BCUT2D eigenvalue weighted by Crippen LogP contribution is -1.99. The van der Waals surface area contributed by atoms with E-state index in [1.165, 1.54) is 0 Å². The molecule has 0 unspecified atom stereocenters. The molecule has 2 nitrogen and oxygen atoms in total. The third-order valence-corrected chi connectivity index (χ3v) is 1.92. The Balaban J connectivity index is 2.65. The molecule has 1 aromatic carbocycles. The Bertz CT molecular complexity index is 379. The zero-order valence-electron chi connectivity index (χ0n) is 8.79. The van der Waals surface area contributed by atoms with Crippen molar-refractivity contribution in [2.75, 3.05) is 0 Å². The summed E-state index contributed by atoms with van der Waals surface area (Å²) in [5.41, 5.74) is 1.75. The Morgan fingerprint density at radius 2 is 2.00 bits per heavy atom. The Hall–Kier alpha value is -1.75. The fourth-order valence-electron chi connectivity index (χ4n) is 1.17. The van der Waals surface area contributed by atoms with Crippen LogP contribution in [0.3, 0.4) is 0 Å². The van der Waals surface area contributed by atoms with Crippen LogP contribution in [0.4, 0.5) is 0 Å². The van der Waals surface area contributed by atoms with Crippen molar-refractivity contribution in [2.45, 2.75) is 26.2 Å². The number of benzene rings is 1. The van der Waals surface area contributed by atoms with E-state index in [-0.39, 0.29) is 6.42 Å². The number of aliphatic carboxylic acids is 1. The molecule has 0 aliphatic rings. The average molecular weight is 202 g/mol. The maximum atomic E-state index is 10.4. The number of rotatable bonds is 3. The predicted octanol–water partition coefficient (Wildman–Crippen LogP) is 2.47. The Labute approximate surface area is 89.9 Å². The van der Waals surface area contributed by atoms with Crippen molar-refractivity contribution >= 4 is 5.97 Å². The Morgan fingerprint density at radius 3 is 2.53 bits per heavy atom. The van der Waals surface area contributed by atoms with Gasteiger partial charge in [-0.05, 0) is 24.1 Å². The van der Waals surface area contributed by atoms with Crippen LogP contribution in [0, 0.1) is 11.8 Å². The average Bonchev–Trinajstić information content (AvgIpc) is 2.20. The summed E-state index contributed by atoms with van der Waals surface area (Å²) < 4.78 is 0. The Morgan fingerprint density at radius 1 is 1.33 bits per heavy atom. The van der Waals surface area contributed by atoms with E-state index in [1.54, 1.807) is 0 Å². The van der Waals surface area contributed by atoms with E-state index >= 15 is 0 Å². The number of hydrogen-bond acceptors (Lipinski definition) is 1. The molecule has 78 valence electrons. The summed E-state index contributed by atoms with van der Waals surface area (Å²) in [6, 6.07) is 7.34. The molecular formula is C13H14O2. The standard InChI is InChI=1S/C13H14O2/c1-2-3-4-5-11-6-8-12(9-7-11)10-13(14)15/h6-9H,2-3,10H2,1H3,(H,14,15). The van der Waals surface area contributed by atoms with Crippen LogP contribution in [-0.2, 0) is 11.2 Å². The molecule has 1 aromatic rings. The largest absolute Gasteiger partial charge is 0.481 e. The van der Waals surface area contributed by atoms with Crippen LogP contribution in [0.25, 0.3) is 0 Å². The summed E-state index contributed by atoms with van der Waals surface area (Å²) in [5, 5.41) is 8.58. The maximum absolute atomic E-state index is 10.4. The van der Waals surface area contributed by atoms with Crippen LogP contribution in [-0.4, -0.2) is 11.1 Å². The molecule has 1 N–H and O–H groups in total. The number of carboxylic acid groups (broad SMARTS) is 1. The van der Waals surface area contributed by atoms with Crippen LogP contribution < -0.4 is 0 Å². The molecule has 0 atom stereocenters. The quantitative estimate of drug-likeness (QED) is 0.764. The number of unbranched alkanes of at least 4 members (excludes halogenated alkanes) is 1. The lowest BCUT2D eigenvalue weighted by molar-refractivity contribution is -0.136. The summed E-state index contributed by atoms with van der Waals surface area (Å²) in [6.07, 6.45) is 2.03. The number of carbonyl (C=O) groups is 1. The smallest absolute Gasteiger partial charge is 0.307 e. The minimum Gasteiger partial charge on any atom is -0.481 e. The van der Waals surface area contributed by atoms with E-state index in [0.29, 0.717) is 0 Å². The zero-order valence-corrected chi connectivity index (χ0v) is 8.79. The van der Waals surface area contributed by atoms with Crippen molar-refractivity contribution < 1.29 is 9.90 Å². The fourth-order valence-corrected chi connectivity index (χ4v) is 1.17. The van der Waals surface area contributed by atoms with Crippen molar-refractivity contribution in [3.05, 3.63) is 35.4 Å². The third-order valence-electron chi connectivity index (χ3n) is 1.92. The lowest BCUT2D eigenvalue weighted by atomic mass is 10.1. The lowest BCUT2D eigenvalue weighted by Gasteiger charge is -1.96. The molecule has 0 bridgehead atoms. The van der Waals surface area contributed by atoms with Gasteiger partial charge in [-0.1, -0.05) is 30.9 Å². The van der Waals surface area contributed by atoms with Crippen LogP contribution in [0.5, 0.6) is 0 Å². The van der Waals surface area contributed by atoms with Gasteiger partial charge in [0.1, 0.15) is 0 Å². The molecule has 0 amide bonds. The molecule has 0 aliphatic carbocycles. The highest BCUT2D eigenvalue weighted by Gasteiger charge is 1.98. The molecule has 2 heteroatoms. The van der Waals surface area contributed by atoms with E-state index in [4.69, 9.17) is 5.11 Å². The summed E-state index contributed by atoms with van der Waals surface area (Å²) in [6.45, 7) is 2.09. The highest BCUT2D eigenvalue weighted by atomic mass is 16.4. The molecule has 0 fully saturated rings. The van der Waals surface area contributed by atoms with E-state index in [0.717, 1.165) is 24.0 Å². The zero-order chi connectivity index (χ0) is 11.1. The first-order valence-corrected chi connectivity index (χ1v) is 5.02. The van der Waals surface area contributed by atoms with Gasteiger partial charge in [0.2, 0.25) is 0 Å². The molecule has 15 heavy (non-hydrogen) atoms. The second-order valence-electron chi connectivity index (χ2n) is 3.32. The van der Waals surface area contributed by atoms with Crippen LogP contribution in [0.1, 0.15) is 30.9 Å². The van der Waals surface area contributed by atoms with E-state index in [1.807, 2.05) is 24.3 Å². The van der Waals surface area contributed by atoms with Gasteiger partial charge in [-0.25, -0.2) is 0 Å². The number of carboxylic acids is 1. The maximum Gasteiger partial charge on any atom is 0.307 e. The summed E-state index contributed by atoms with van der Waals surface area (Å²) in [5.74, 6) is 5.27. The minimum absolute atomic E-state index is 0.0721. The first kappa shape index (κ1) is 11.3. The summed E-state index contributed by atoms with van der Waals surface area (Å²) in [4.78, 5) is 10.4. The van der Waals surface area contributed by atoms with Gasteiger partial charge < -0.3 is 5.11 Å². The highest BCUT2D eigenvalue weighted by Crippen LogP contribution is 2.04. The van der Waals surface area contributed by atoms with Gasteiger partial charge in [-0.2, -0.15) is 0 Å². The van der Waals surface area contributed by atoms with Gasteiger partial charge in [-0.15, -0.1) is 0 Å². The van der Waals surface area contributed by atoms with Gasteiger partial charge in [-0.3, -0.25) is 4.79 Å². The minimum atomic E-state index is -0.806. The predicted molar refractivity (Wildman–Crippen MR) is 59.6 cm³/mol. The van der Waals surface area contributed by atoms with E-state index in [2.05, 4.69) is 18.8 Å². The van der Waals surface area contributed by atoms with Crippen LogP contribution in [0.15, 0.2) is 24.3 Å². The molecule has 0 heterocycles. The van der Waals surface area contributed by atoms with E-state index < -0.39 is 5.97 Å². The summed E-state index contributed by atoms with van der Waals surface area (Å²) in [7, 11) is 0. The third kappa shape index (κ3) is 4.33. The number of hydrogen-bond donors (Lipinski definition) is 1. The monoisotopic (exact) mass is 202 g/mol. The molecule has 0 saturated carbocycles. The van der Waals surface area contributed by atoms with Crippen molar-refractivity contribution in [2.24, 2.45) is 0 Å². The van der Waals surface area contributed by atoms with E-state index in [9.17, 15) is 4.79 Å². The van der Waals surface area contributed by atoms with Gasteiger partial charge in [0.25, 0.3) is 0 Å². The van der Waals surface area contributed by atoms with Gasteiger partial charge >= 0.3 is 5.97 Å². The summed E-state index contributed by atoms with van der Waals surface area (Å²) >= 11 is 0. The topological polar surface area (TPSA) is 37.3 Å². The highest BCUT2D eigenvalue weighted by molar-refractivity contribution is 5.70. The molecule has 0 radical (unpaired) electrons. The fraction of sp³-hybridized carbons (Fsp3) is 0.308. The van der Waals surface area contributed by atoms with Crippen LogP contribution in [0.2, 0.25) is 0 Å². The molecule has 1 rings (SSSR count). The second-order valence-corrected chi connectivity index (χ2v) is 3.32. The van der Waals surface area contributed by atoms with Gasteiger partial charge in [0.05, 0.1) is 6.42 Å². The molecule has 0 saturated heterocycles. The molecule has 0 aliphatic heterocycles. The second kappa shape index (κ2) is 5.87. The van der Waals surface area contributed by atoms with Crippen LogP contribution >= 0.6 is 0 Å². The molecule has 0 spiro atoms. The molecular weight excluding hydrogens is 188 g/mol. The molecule has 0 aromatic heterocycles. The van der Waals surface area contributed by atoms with Gasteiger partial charge in [0, 0.05) is 12.0 Å². The SMILES string of the molecule is CCCC#Cc1ccc(CC(=O)O)cc1. The normalized spacial score (nSPS) is 9.13. The first-order chi connectivity index (χ1) is 7.22. The van der Waals surface area contributed by atoms with Crippen molar-refractivity contribution in [1.29, 1.82) is 0 Å². The van der Waals surface area contributed by atoms with Gasteiger partial charge in [0.15, 0.2) is 0 Å². The Kier molecular flexibility index (Phi) is 4.43. The first-order valence-electron chi connectivity index (χ1n) is 5.02. The van der Waals surface area contributed by atoms with Crippen molar-refractivity contribution in [1.82, 2.24) is 0 Å².